The van der Waals surface area contributed by atoms with Gasteiger partial charge < -0.3 is 4.74 Å². The summed E-state index contributed by atoms with van der Waals surface area (Å²) in [5.74, 6) is -0.510. The van der Waals surface area contributed by atoms with E-state index in [0.717, 1.165) is 5.52 Å². The Hall–Kier alpha value is -1.62. The van der Waals surface area contributed by atoms with Gasteiger partial charge in [0.05, 0.1) is 18.0 Å². The maximum atomic E-state index is 11.6. The summed E-state index contributed by atoms with van der Waals surface area (Å²) in [6, 6.07) is 1.90. The highest BCUT2D eigenvalue weighted by atomic mass is 35.5. The van der Waals surface area contributed by atoms with E-state index in [1.807, 2.05) is 13.8 Å². The molecule has 0 radical (unpaired) electrons. The summed E-state index contributed by atoms with van der Waals surface area (Å²) in [7, 11) is 1.31. The zero-order valence-electron chi connectivity index (χ0n) is 9.77. The van der Waals surface area contributed by atoms with Crippen molar-refractivity contribution in [2.75, 3.05) is 7.11 Å². The molecule has 2 aromatic rings. The molecular formula is C11H12ClN3O2. The Bertz CT molecular complexity index is 577. The van der Waals surface area contributed by atoms with Crippen molar-refractivity contribution in [2.24, 2.45) is 0 Å². The number of ether oxygens (including phenoxy) is 1. The van der Waals surface area contributed by atoms with Gasteiger partial charge in [0.2, 0.25) is 0 Å². The Balaban J connectivity index is 2.80. The normalized spacial score (nSPS) is 11.1. The van der Waals surface area contributed by atoms with Crippen molar-refractivity contribution in [1.29, 1.82) is 0 Å². The Morgan fingerprint density at radius 2 is 2.24 bits per heavy atom. The minimum absolute atomic E-state index is 0.120. The van der Waals surface area contributed by atoms with Crippen LogP contribution in [0.25, 0.3) is 10.9 Å². The van der Waals surface area contributed by atoms with E-state index in [-0.39, 0.29) is 16.9 Å². The molecule has 0 aliphatic rings. The lowest BCUT2D eigenvalue weighted by molar-refractivity contribution is 0.0595. The van der Waals surface area contributed by atoms with Crippen molar-refractivity contribution in [1.82, 2.24) is 14.8 Å². The van der Waals surface area contributed by atoms with E-state index in [1.165, 1.54) is 7.11 Å². The van der Waals surface area contributed by atoms with Crippen LogP contribution >= 0.6 is 11.6 Å². The molecule has 6 heteroatoms. The second-order valence-corrected chi connectivity index (χ2v) is 4.23. The number of nitrogens with zero attached hydrogens (tertiary/aromatic N) is 3. The monoisotopic (exact) mass is 253 g/mol. The van der Waals surface area contributed by atoms with Gasteiger partial charge >= 0.3 is 5.97 Å². The summed E-state index contributed by atoms with van der Waals surface area (Å²) in [6.07, 6.45) is 1.59. The summed E-state index contributed by atoms with van der Waals surface area (Å²) in [6.45, 7) is 3.95. The number of fused-ring (bicyclic) bond motifs is 1. The van der Waals surface area contributed by atoms with Crippen LogP contribution in [0.5, 0.6) is 0 Å². The number of esters is 1. The molecule has 0 saturated carbocycles. The molecule has 0 saturated heterocycles. The molecular weight excluding hydrogens is 242 g/mol. The van der Waals surface area contributed by atoms with Gasteiger partial charge in [0.25, 0.3) is 0 Å². The molecule has 0 amide bonds. The lowest BCUT2D eigenvalue weighted by atomic mass is 10.2. The molecule has 0 atom stereocenters. The van der Waals surface area contributed by atoms with E-state index in [9.17, 15) is 4.79 Å². The van der Waals surface area contributed by atoms with Crippen LogP contribution in [-0.4, -0.2) is 27.8 Å². The summed E-state index contributed by atoms with van der Waals surface area (Å²) >= 11 is 6.01. The lowest BCUT2D eigenvalue weighted by Crippen LogP contribution is -2.06. The summed E-state index contributed by atoms with van der Waals surface area (Å²) < 4.78 is 6.42. The van der Waals surface area contributed by atoms with E-state index in [0.29, 0.717) is 5.39 Å². The van der Waals surface area contributed by atoms with Crippen LogP contribution in [0.3, 0.4) is 0 Å². The molecule has 2 rings (SSSR count). The molecule has 17 heavy (non-hydrogen) atoms. The van der Waals surface area contributed by atoms with Gasteiger partial charge in [0.15, 0.2) is 5.69 Å². The molecule has 0 spiro atoms. The van der Waals surface area contributed by atoms with Gasteiger partial charge in [-0.25, -0.2) is 9.78 Å². The Kier molecular flexibility index (Phi) is 3.02. The average Bonchev–Trinajstić information content (AvgIpc) is 2.69. The highest BCUT2D eigenvalue weighted by Crippen LogP contribution is 2.27. The van der Waals surface area contributed by atoms with Crippen molar-refractivity contribution in [3.63, 3.8) is 0 Å². The van der Waals surface area contributed by atoms with Crippen LogP contribution in [-0.2, 0) is 4.74 Å². The first-order chi connectivity index (χ1) is 8.06. The number of rotatable bonds is 2. The van der Waals surface area contributed by atoms with Crippen molar-refractivity contribution >= 4 is 28.5 Å². The maximum absolute atomic E-state index is 11.6. The SMILES string of the molecule is COC(=O)c1nn(C(C)C)c2ccnc(Cl)c12. The van der Waals surface area contributed by atoms with Gasteiger partial charge in [-0.15, -0.1) is 0 Å². The van der Waals surface area contributed by atoms with E-state index in [1.54, 1.807) is 16.9 Å². The number of carbonyl (C=O) groups excluding carboxylic acids is 1. The van der Waals surface area contributed by atoms with Crippen LogP contribution in [0.2, 0.25) is 5.15 Å². The highest BCUT2D eigenvalue weighted by molar-refractivity contribution is 6.35. The predicted octanol–water partition coefficient (Wildman–Crippen LogP) is 2.45. The van der Waals surface area contributed by atoms with Gasteiger partial charge in [-0.2, -0.15) is 5.10 Å². The van der Waals surface area contributed by atoms with Gasteiger partial charge in [0, 0.05) is 12.2 Å². The number of aromatic nitrogens is 3. The molecule has 0 aliphatic carbocycles. The Morgan fingerprint density at radius 1 is 1.53 bits per heavy atom. The number of hydrogen-bond acceptors (Lipinski definition) is 4. The minimum atomic E-state index is -0.510. The van der Waals surface area contributed by atoms with Crippen LogP contribution in [0.1, 0.15) is 30.4 Å². The topological polar surface area (TPSA) is 57.0 Å². The van der Waals surface area contributed by atoms with Crippen molar-refractivity contribution in [2.45, 2.75) is 19.9 Å². The zero-order chi connectivity index (χ0) is 12.6. The third kappa shape index (κ3) is 1.86. The number of hydrogen-bond donors (Lipinski definition) is 0. The van der Waals surface area contributed by atoms with Crippen LogP contribution in [0, 0.1) is 0 Å². The molecule has 5 nitrogen and oxygen atoms in total. The van der Waals surface area contributed by atoms with Gasteiger partial charge in [0.1, 0.15) is 5.15 Å². The molecule has 0 aliphatic heterocycles. The second-order valence-electron chi connectivity index (χ2n) is 3.87. The predicted molar refractivity (Wildman–Crippen MR) is 64.3 cm³/mol. The Morgan fingerprint density at radius 3 is 2.82 bits per heavy atom. The smallest absolute Gasteiger partial charge is 0.359 e. The molecule has 90 valence electrons. The van der Waals surface area contributed by atoms with E-state index in [2.05, 4.69) is 10.1 Å². The van der Waals surface area contributed by atoms with Crippen molar-refractivity contribution in [3.8, 4) is 0 Å². The molecule has 0 fully saturated rings. The van der Waals surface area contributed by atoms with Gasteiger partial charge in [-0.1, -0.05) is 11.6 Å². The lowest BCUT2D eigenvalue weighted by Gasteiger charge is -2.06. The van der Waals surface area contributed by atoms with Crippen molar-refractivity contribution in [3.05, 3.63) is 23.1 Å². The quantitative estimate of drug-likeness (QED) is 0.609. The first-order valence-corrected chi connectivity index (χ1v) is 5.55. The fourth-order valence-corrected chi connectivity index (χ4v) is 1.92. The average molecular weight is 254 g/mol. The third-order valence-corrected chi connectivity index (χ3v) is 2.73. The fourth-order valence-electron chi connectivity index (χ4n) is 1.68. The fraction of sp³-hybridized carbons (Fsp3) is 0.364. The number of carbonyl (C=O) groups is 1. The molecule has 0 aromatic carbocycles. The minimum Gasteiger partial charge on any atom is -0.464 e. The van der Waals surface area contributed by atoms with E-state index < -0.39 is 5.97 Å². The summed E-state index contributed by atoms with van der Waals surface area (Å²) in [5.41, 5.74) is 0.981. The van der Waals surface area contributed by atoms with Crippen LogP contribution in [0.15, 0.2) is 12.3 Å². The molecule has 2 aromatic heterocycles. The third-order valence-electron chi connectivity index (χ3n) is 2.44. The first kappa shape index (κ1) is 11.9. The highest BCUT2D eigenvalue weighted by Gasteiger charge is 2.21. The molecule has 0 unspecified atom stereocenters. The van der Waals surface area contributed by atoms with Gasteiger partial charge in [-0.3, -0.25) is 4.68 Å². The first-order valence-electron chi connectivity index (χ1n) is 5.17. The van der Waals surface area contributed by atoms with Crippen molar-refractivity contribution < 1.29 is 9.53 Å². The standard InChI is InChI=1S/C11H12ClN3O2/c1-6(2)15-7-4-5-13-10(12)8(7)9(14-15)11(16)17-3/h4-6H,1-3H3. The van der Waals surface area contributed by atoms with Crippen LogP contribution in [0.4, 0.5) is 0 Å². The number of methoxy groups -OCH3 is 1. The van der Waals surface area contributed by atoms with E-state index >= 15 is 0 Å². The number of pyridine rings is 1. The zero-order valence-corrected chi connectivity index (χ0v) is 10.5. The molecule has 2 heterocycles. The summed E-state index contributed by atoms with van der Waals surface area (Å²) in [5, 5.41) is 5.03. The largest absolute Gasteiger partial charge is 0.464 e. The Labute approximate surface area is 103 Å². The van der Waals surface area contributed by atoms with E-state index in [4.69, 9.17) is 16.3 Å². The van der Waals surface area contributed by atoms with Crippen LogP contribution < -0.4 is 0 Å². The maximum Gasteiger partial charge on any atom is 0.359 e. The molecule has 0 N–H and O–H groups in total. The summed E-state index contributed by atoms with van der Waals surface area (Å²) in [4.78, 5) is 15.6. The molecule has 0 bridgehead atoms. The van der Waals surface area contributed by atoms with Gasteiger partial charge in [-0.05, 0) is 19.9 Å². The number of halogens is 1. The second kappa shape index (κ2) is 4.33.